The molecule has 0 bridgehead atoms. The van der Waals surface area contributed by atoms with Crippen LogP contribution >= 0.6 is 0 Å². The predicted octanol–water partition coefficient (Wildman–Crippen LogP) is 2.33. The van der Waals surface area contributed by atoms with Crippen LogP contribution in [0.1, 0.15) is 25.3 Å². The van der Waals surface area contributed by atoms with Crippen LogP contribution in [0.25, 0.3) is 0 Å². The number of hydrogen-bond donors (Lipinski definition) is 1. The Morgan fingerprint density at radius 1 is 1.33 bits per heavy atom. The van der Waals surface area contributed by atoms with Crippen molar-refractivity contribution in [1.82, 2.24) is 0 Å². The van der Waals surface area contributed by atoms with Crippen molar-refractivity contribution in [2.45, 2.75) is 26.3 Å². The molecule has 1 aromatic carbocycles. The Labute approximate surface area is 91.4 Å². The van der Waals surface area contributed by atoms with Gasteiger partial charge in [-0.3, -0.25) is 0 Å². The third-order valence-electron chi connectivity index (χ3n) is 1.93. The van der Waals surface area contributed by atoms with Gasteiger partial charge >= 0.3 is 0 Å². The van der Waals surface area contributed by atoms with Crippen LogP contribution in [-0.4, -0.2) is 6.61 Å². The highest BCUT2D eigenvalue weighted by atomic mass is 16.5. The number of benzene rings is 1. The Kier molecular flexibility index (Phi) is 5.35. The molecule has 0 saturated carbocycles. The first-order valence-electron chi connectivity index (χ1n) is 5.24. The third kappa shape index (κ3) is 4.53. The fraction of sp³-hybridized carbons (Fsp3) is 0.385. The molecule has 0 fully saturated rings. The molecule has 0 radical (unpaired) electrons. The summed E-state index contributed by atoms with van der Waals surface area (Å²) < 4.78 is 5.54. The first kappa shape index (κ1) is 11.6. The second-order valence-corrected chi connectivity index (χ2v) is 3.16. The van der Waals surface area contributed by atoms with E-state index in [4.69, 9.17) is 10.5 Å². The highest BCUT2D eigenvalue weighted by molar-refractivity contribution is 5.28. The SMILES string of the molecule is CCC#CCCOc1cccc(CN)c1. The van der Waals surface area contributed by atoms with Crippen molar-refractivity contribution in [2.24, 2.45) is 5.73 Å². The summed E-state index contributed by atoms with van der Waals surface area (Å²) in [5.74, 6) is 6.91. The van der Waals surface area contributed by atoms with Crippen LogP contribution in [-0.2, 0) is 6.54 Å². The smallest absolute Gasteiger partial charge is 0.119 e. The van der Waals surface area contributed by atoms with E-state index in [0.717, 1.165) is 24.2 Å². The summed E-state index contributed by atoms with van der Waals surface area (Å²) in [4.78, 5) is 0. The molecule has 0 saturated heterocycles. The average Bonchev–Trinajstić information content (AvgIpc) is 2.29. The van der Waals surface area contributed by atoms with Crippen LogP contribution in [0.4, 0.5) is 0 Å². The molecule has 0 aliphatic heterocycles. The maximum absolute atomic E-state index is 5.54. The van der Waals surface area contributed by atoms with E-state index in [2.05, 4.69) is 11.8 Å². The van der Waals surface area contributed by atoms with E-state index in [1.807, 2.05) is 31.2 Å². The zero-order valence-corrected chi connectivity index (χ0v) is 9.12. The topological polar surface area (TPSA) is 35.2 Å². The first-order chi connectivity index (χ1) is 7.36. The normalized spacial score (nSPS) is 9.20. The minimum atomic E-state index is 0.548. The van der Waals surface area contributed by atoms with Crippen LogP contribution in [0.3, 0.4) is 0 Å². The van der Waals surface area contributed by atoms with Gasteiger partial charge in [-0.2, -0.15) is 0 Å². The molecule has 0 unspecified atom stereocenters. The van der Waals surface area contributed by atoms with E-state index >= 15 is 0 Å². The Hall–Kier alpha value is -1.46. The lowest BCUT2D eigenvalue weighted by Crippen LogP contribution is -1.99. The summed E-state index contributed by atoms with van der Waals surface area (Å²) in [6, 6.07) is 7.85. The molecule has 15 heavy (non-hydrogen) atoms. The highest BCUT2D eigenvalue weighted by Gasteiger charge is 1.94. The number of rotatable bonds is 4. The molecule has 0 aliphatic carbocycles. The molecule has 2 nitrogen and oxygen atoms in total. The maximum atomic E-state index is 5.54. The molecule has 0 atom stereocenters. The molecule has 0 heterocycles. The van der Waals surface area contributed by atoms with Crippen LogP contribution in [0.5, 0.6) is 5.75 Å². The van der Waals surface area contributed by atoms with Gasteiger partial charge in [0.2, 0.25) is 0 Å². The average molecular weight is 203 g/mol. The maximum Gasteiger partial charge on any atom is 0.119 e. The molecular formula is C13H17NO. The van der Waals surface area contributed by atoms with E-state index in [1.165, 1.54) is 0 Å². The fourth-order valence-corrected chi connectivity index (χ4v) is 1.20. The van der Waals surface area contributed by atoms with Crippen molar-refractivity contribution in [2.75, 3.05) is 6.61 Å². The Morgan fingerprint density at radius 2 is 2.20 bits per heavy atom. The van der Waals surface area contributed by atoms with Gasteiger partial charge in [0.1, 0.15) is 5.75 Å². The van der Waals surface area contributed by atoms with E-state index in [9.17, 15) is 0 Å². The fourth-order valence-electron chi connectivity index (χ4n) is 1.20. The minimum Gasteiger partial charge on any atom is -0.493 e. The van der Waals surface area contributed by atoms with Gasteiger partial charge in [0.05, 0.1) is 6.61 Å². The molecule has 0 spiro atoms. The molecular weight excluding hydrogens is 186 g/mol. The molecule has 0 aliphatic rings. The second kappa shape index (κ2) is 6.92. The van der Waals surface area contributed by atoms with E-state index in [0.29, 0.717) is 13.2 Å². The molecule has 2 heteroatoms. The zero-order valence-electron chi connectivity index (χ0n) is 9.12. The van der Waals surface area contributed by atoms with Crippen molar-refractivity contribution in [1.29, 1.82) is 0 Å². The van der Waals surface area contributed by atoms with Crippen LogP contribution in [0, 0.1) is 11.8 Å². The second-order valence-electron chi connectivity index (χ2n) is 3.16. The molecule has 1 aromatic rings. The van der Waals surface area contributed by atoms with Crippen molar-refractivity contribution in [3.63, 3.8) is 0 Å². The molecule has 1 rings (SSSR count). The lowest BCUT2D eigenvalue weighted by atomic mass is 10.2. The summed E-state index contributed by atoms with van der Waals surface area (Å²) in [7, 11) is 0. The molecule has 2 N–H and O–H groups in total. The van der Waals surface area contributed by atoms with Crippen LogP contribution in [0.2, 0.25) is 0 Å². The van der Waals surface area contributed by atoms with Gasteiger partial charge < -0.3 is 10.5 Å². The lowest BCUT2D eigenvalue weighted by molar-refractivity contribution is 0.327. The highest BCUT2D eigenvalue weighted by Crippen LogP contribution is 2.12. The van der Waals surface area contributed by atoms with Gasteiger partial charge in [0.15, 0.2) is 0 Å². The van der Waals surface area contributed by atoms with Crippen molar-refractivity contribution < 1.29 is 4.74 Å². The quantitative estimate of drug-likeness (QED) is 0.602. The summed E-state index contributed by atoms with van der Waals surface area (Å²) in [6.45, 7) is 3.23. The van der Waals surface area contributed by atoms with Gasteiger partial charge in [-0.15, -0.1) is 5.92 Å². The summed E-state index contributed by atoms with van der Waals surface area (Å²) >= 11 is 0. The Morgan fingerprint density at radius 3 is 2.93 bits per heavy atom. The van der Waals surface area contributed by atoms with Gasteiger partial charge in [0, 0.05) is 19.4 Å². The Balaban J connectivity index is 2.37. The number of nitrogens with two attached hydrogens (primary N) is 1. The standard InChI is InChI=1S/C13H17NO/c1-2-3-4-5-9-15-13-8-6-7-12(10-13)11-14/h6-8,10H,2,5,9,11,14H2,1H3. The predicted molar refractivity (Wildman–Crippen MR) is 62.5 cm³/mol. The summed E-state index contributed by atoms with van der Waals surface area (Å²) in [5, 5.41) is 0. The molecule has 80 valence electrons. The van der Waals surface area contributed by atoms with Gasteiger partial charge in [-0.1, -0.05) is 25.0 Å². The first-order valence-corrected chi connectivity index (χ1v) is 5.24. The lowest BCUT2D eigenvalue weighted by Gasteiger charge is -2.05. The minimum absolute atomic E-state index is 0.548. The molecule has 0 aromatic heterocycles. The van der Waals surface area contributed by atoms with E-state index < -0.39 is 0 Å². The van der Waals surface area contributed by atoms with Crippen LogP contribution in [0.15, 0.2) is 24.3 Å². The number of ether oxygens (including phenoxy) is 1. The van der Waals surface area contributed by atoms with E-state index in [-0.39, 0.29) is 0 Å². The largest absolute Gasteiger partial charge is 0.493 e. The van der Waals surface area contributed by atoms with Crippen molar-refractivity contribution in [3.8, 4) is 17.6 Å². The monoisotopic (exact) mass is 203 g/mol. The zero-order chi connectivity index (χ0) is 10.9. The number of hydrogen-bond acceptors (Lipinski definition) is 2. The van der Waals surface area contributed by atoms with Crippen molar-refractivity contribution in [3.05, 3.63) is 29.8 Å². The van der Waals surface area contributed by atoms with Crippen LogP contribution < -0.4 is 10.5 Å². The van der Waals surface area contributed by atoms with Gasteiger partial charge in [-0.25, -0.2) is 0 Å². The van der Waals surface area contributed by atoms with Gasteiger partial charge in [-0.05, 0) is 17.7 Å². The summed E-state index contributed by atoms with van der Waals surface area (Å²) in [6.07, 6.45) is 1.68. The Bertz CT molecular complexity index is 349. The third-order valence-corrected chi connectivity index (χ3v) is 1.93. The molecule has 0 amide bonds. The van der Waals surface area contributed by atoms with Gasteiger partial charge in [0.25, 0.3) is 0 Å². The van der Waals surface area contributed by atoms with Crippen molar-refractivity contribution >= 4 is 0 Å². The summed E-state index contributed by atoms with van der Waals surface area (Å²) in [5.41, 5.74) is 6.63. The van der Waals surface area contributed by atoms with E-state index in [1.54, 1.807) is 0 Å².